The normalized spacial score (nSPS) is 12.5. The standard InChI is InChI=1S/C44H34Cl2P4/c45-47-42-34-20-19-33-41(42)43(49(35-21-7-1-8-22-35,36-23-9-2-10-24-36)37-25-11-3-12-26-37)48(46)44(47)50(38-27-13-4-14-28-38,39-29-15-5-16-30-39)40-31-17-6-18-32-40/h1-34H. The summed E-state index contributed by atoms with van der Waals surface area (Å²) in [7, 11) is 0. The van der Waals surface area contributed by atoms with Gasteiger partial charge in [-0.1, -0.05) is 223 Å². The molecule has 0 radical (unpaired) electrons. The molecule has 6 heteroatoms. The summed E-state index contributed by atoms with van der Waals surface area (Å²) in [4.78, 5) is 0. The molecule has 244 valence electrons. The molecule has 8 aromatic rings. The van der Waals surface area contributed by atoms with E-state index in [4.69, 9.17) is 22.5 Å². The molecule has 0 spiro atoms. The monoisotopic (exact) mass is 756 g/mol. The Hall–Kier alpha value is -3.68. The van der Waals surface area contributed by atoms with E-state index in [1.807, 2.05) is 0 Å². The smallest absolute Gasteiger partial charge is 0.0532 e. The highest BCUT2D eigenvalue weighted by Crippen LogP contribution is 2.67. The zero-order chi connectivity index (χ0) is 34.0. The zero-order valence-electron chi connectivity index (χ0n) is 27.2. The summed E-state index contributed by atoms with van der Waals surface area (Å²) in [6.45, 7) is -7.91. The summed E-state index contributed by atoms with van der Waals surface area (Å²) in [5.74, 6) is 0. The minimum absolute atomic E-state index is 1.19. The van der Waals surface area contributed by atoms with Crippen LogP contribution in [0.5, 0.6) is 0 Å². The minimum Gasteiger partial charge on any atom is -0.0622 e. The van der Waals surface area contributed by atoms with Crippen LogP contribution in [0.25, 0.3) is 10.5 Å². The van der Waals surface area contributed by atoms with Crippen LogP contribution in [-0.2, 0) is 0 Å². The first-order valence-electron chi connectivity index (χ1n) is 16.6. The van der Waals surface area contributed by atoms with E-state index in [1.165, 1.54) is 51.4 Å². The van der Waals surface area contributed by atoms with Crippen molar-refractivity contribution in [2.75, 3.05) is 0 Å². The quantitative estimate of drug-likeness (QED) is 0.148. The van der Waals surface area contributed by atoms with Crippen molar-refractivity contribution < 1.29 is 0 Å². The van der Waals surface area contributed by atoms with Gasteiger partial charge in [0.25, 0.3) is 0 Å². The summed E-state index contributed by atoms with van der Waals surface area (Å²) in [5.41, 5.74) is 0. The van der Waals surface area contributed by atoms with Crippen LogP contribution in [0.1, 0.15) is 0 Å². The van der Waals surface area contributed by atoms with Crippen LogP contribution in [0.3, 0.4) is 0 Å². The van der Waals surface area contributed by atoms with Gasteiger partial charge in [0.1, 0.15) is 0 Å². The fourth-order valence-corrected chi connectivity index (χ4v) is 30.8. The topological polar surface area (TPSA) is 0 Å². The minimum atomic E-state index is -2.57. The van der Waals surface area contributed by atoms with E-state index < -0.39 is 27.5 Å². The third-order valence-corrected chi connectivity index (χ3v) is 28.9. The number of benzene rings is 7. The fraction of sp³-hybridized carbons (Fsp3) is 0. The Balaban J connectivity index is 1.86. The molecular formula is C44H34Cl2P4. The molecular weight excluding hydrogens is 723 g/mol. The van der Waals surface area contributed by atoms with Crippen LogP contribution in [0, 0.1) is 9.07 Å². The maximum absolute atomic E-state index is 8.52. The van der Waals surface area contributed by atoms with Crippen LogP contribution < -0.4 is 31.8 Å². The van der Waals surface area contributed by atoms with Crippen LogP contribution >= 0.6 is 50.0 Å². The lowest BCUT2D eigenvalue weighted by molar-refractivity contribution is 1.72. The van der Waals surface area contributed by atoms with Gasteiger partial charge in [-0.3, -0.25) is 0 Å². The van der Waals surface area contributed by atoms with Gasteiger partial charge in [-0.2, -0.15) is 0 Å². The van der Waals surface area contributed by atoms with E-state index >= 15 is 0 Å². The Labute approximate surface area is 305 Å². The molecule has 0 aliphatic carbocycles. The maximum atomic E-state index is 8.52. The van der Waals surface area contributed by atoms with Gasteiger partial charge in [0.15, 0.2) is 0 Å². The lowest BCUT2D eigenvalue weighted by Crippen LogP contribution is -2.26. The first-order chi connectivity index (χ1) is 24.7. The molecule has 0 saturated heterocycles. The highest BCUT2D eigenvalue weighted by Gasteiger charge is 2.33. The van der Waals surface area contributed by atoms with Gasteiger partial charge in [0.2, 0.25) is 0 Å². The average Bonchev–Trinajstić information content (AvgIpc) is 3.20. The van der Waals surface area contributed by atoms with E-state index in [9.17, 15) is 0 Å². The third kappa shape index (κ3) is 5.47. The molecule has 0 nitrogen and oxygen atoms in total. The molecule has 0 bridgehead atoms. The van der Waals surface area contributed by atoms with Crippen molar-refractivity contribution in [2.45, 2.75) is 0 Å². The molecule has 8 rings (SSSR count). The van der Waals surface area contributed by atoms with Crippen molar-refractivity contribution in [3.63, 3.8) is 0 Å². The Morgan fingerprint density at radius 1 is 0.300 bits per heavy atom. The third-order valence-electron chi connectivity index (χ3n) is 9.37. The average molecular weight is 758 g/mol. The molecule has 1 aromatic heterocycles. The van der Waals surface area contributed by atoms with Crippen molar-refractivity contribution in [1.82, 2.24) is 0 Å². The number of fused-ring (bicyclic) bond motifs is 1. The van der Waals surface area contributed by atoms with Gasteiger partial charge in [0, 0.05) is 15.2 Å². The Kier molecular flexibility index (Phi) is 9.71. The number of halogens is 2. The van der Waals surface area contributed by atoms with E-state index in [-0.39, 0.29) is 0 Å². The Bertz CT molecular complexity index is 2390. The van der Waals surface area contributed by atoms with E-state index in [2.05, 4.69) is 206 Å². The molecule has 0 saturated carbocycles. The van der Waals surface area contributed by atoms with Gasteiger partial charge >= 0.3 is 0 Å². The molecule has 0 aliphatic rings. The second-order valence-corrected chi connectivity index (χ2v) is 25.1. The van der Waals surface area contributed by atoms with Gasteiger partial charge in [0.05, 0.1) is 4.40 Å². The maximum Gasteiger partial charge on any atom is 0.0532 e. The molecule has 2 unspecified atom stereocenters. The number of rotatable bonds is 6. The van der Waals surface area contributed by atoms with Crippen LogP contribution in [0.4, 0.5) is 0 Å². The largest absolute Gasteiger partial charge is 0.0622 e. The van der Waals surface area contributed by atoms with Gasteiger partial charge < -0.3 is 0 Å². The highest BCUT2D eigenvalue weighted by atomic mass is 35.7. The summed E-state index contributed by atoms with van der Waals surface area (Å²) >= 11 is 16.6. The Morgan fingerprint density at radius 2 is 0.580 bits per heavy atom. The molecule has 50 heavy (non-hydrogen) atoms. The van der Waals surface area contributed by atoms with Gasteiger partial charge in [-0.15, -0.1) is 0 Å². The van der Waals surface area contributed by atoms with E-state index in [0.29, 0.717) is 0 Å². The second kappa shape index (κ2) is 14.5. The summed E-state index contributed by atoms with van der Waals surface area (Å²) < 4.78 is 2.60. The lowest BCUT2D eigenvalue weighted by Gasteiger charge is -2.33. The lowest BCUT2D eigenvalue weighted by atomic mass is 10.3. The predicted octanol–water partition coefficient (Wildman–Crippen LogP) is 11.9. The molecule has 2 atom stereocenters. The van der Waals surface area contributed by atoms with Gasteiger partial charge in [-0.25, -0.2) is 0 Å². The molecule has 7 aromatic carbocycles. The summed E-state index contributed by atoms with van der Waals surface area (Å²) in [5, 5.41) is 10.1. The van der Waals surface area contributed by atoms with Crippen molar-refractivity contribution in [3.8, 4) is 0 Å². The molecule has 0 fully saturated rings. The fourth-order valence-electron chi connectivity index (χ4n) is 7.31. The van der Waals surface area contributed by atoms with Crippen LogP contribution in [0.2, 0.25) is 0 Å². The Morgan fingerprint density at radius 3 is 0.920 bits per heavy atom. The summed E-state index contributed by atoms with van der Waals surface area (Å²) in [6.07, 6.45) is 0. The first-order valence-corrected chi connectivity index (χ1v) is 24.6. The number of hydrogen-bond acceptors (Lipinski definition) is 0. The van der Waals surface area contributed by atoms with Crippen molar-refractivity contribution in [1.29, 1.82) is 0 Å². The van der Waals surface area contributed by atoms with Crippen LogP contribution in [0.15, 0.2) is 206 Å². The zero-order valence-corrected chi connectivity index (χ0v) is 32.3. The highest BCUT2D eigenvalue weighted by molar-refractivity contribution is 8.04. The molecule has 0 N–H and O–H groups in total. The van der Waals surface area contributed by atoms with Crippen molar-refractivity contribution in [3.05, 3.63) is 215 Å². The number of hydrogen-bond donors (Lipinski definition) is 0. The SMILES string of the molecule is Clp1c(=P(c2ccccc2)(c2ccccc2)c2ccccc2)c2ccccc2p(Cl)c1=P(c1ccccc1)(c1ccccc1)c1ccccc1. The van der Waals surface area contributed by atoms with Gasteiger partial charge in [-0.05, 0) is 65.4 Å². The van der Waals surface area contributed by atoms with E-state index in [1.54, 1.807) is 0 Å². The van der Waals surface area contributed by atoms with Crippen LogP contribution in [-0.4, -0.2) is 0 Å². The molecule has 0 aliphatic heterocycles. The molecule has 1 heterocycles. The molecule has 0 amide bonds. The summed E-state index contributed by atoms with van der Waals surface area (Å²) in [6, 6.07) is 75.3. The predicted molar refractivity (Wildman–Crippen MR) is 229 cm³/mol. The van der Waals surface area contributed by atoms with Crippen molar-refractivity contribution in [2.24, 2.45) is 0 Å². The second-order valence-electron chi connectivity index (χ2n) is 12.1. The van der Waals surface area contributed by atoms with Crippen molar-refractivity contribution >= 4 is 92.4 Å². The van der Waals surface area contributed by atoms with E-state index in [0.717, 1.165) is 0 Å². The first kappa shape index (κ1) is 33.5.